The molecule has 1 heterocycles. The average molecular weight is 255 g/mol. The fourth-order valence-electron chi connectivity index (χ4n) is 2.14. The Balaban J connectivity index is 2.16. The van der Waals surface area contributed by atoms with E-state index in [2.05, 4.69) is 5.32 Å². The van der Waals surface area contributed by atoms with Gasteiger partial charge in [0.05, 0.1) is 23.7 Å². The number of rotatable bonds is 3. The van der Waals surface area contributed by atoms with Crippen LogP contribution in [-0.2, 0) is 16.3 Å². The molecule has 94 valence electrons. The molecule has 4 nitrogen and oxygen atoms in total. The summed E-state index contributed by atoms with van der Waals surface area (Å²) in [5, 5.41) is 12.8. The van der Waals surface area contributed by atoms with Crippen molar-refractivity contribution in [1.29, 1.82) is 0 Å². The molecule has 1 aromatic carbocycles. The van der Waals surface area contributed by atoms with E-state index in [1.807, 2.05) is 31.2 Å². The van der Waals surface area contributed by atoms with Crippen LogP contribution < -0.4 is 5.32 Å². The minimum absolute atomic E-state index is 0.00617. The summed E-state index contributed by atoms with van der Waals surface area (Å²) in [4.78, 5) is 0. The SMILES string of the molecule is CCc1ccccc1N[C@@H]1CS(=O)(=O)C[C@H]1O. The summed E-state index contributed by atoms with van der Waals surface area (Å²) in [6.45, 7) is 2.04. The van der Waals surface area contributed by atoms with Gasteiger partial charge in [-0.25, -0.2) is 8.42 Å². The fourth-order valence-corrected chi connectivity index (χ4v) is 3.88. The van der Waals surface area contributed by atoms with E-state index in [4.69, 9.17) is 0 Å². The van der Waals surface area contributed by atoms with Gasteiger partial charge in [-0.05, 0) is 18.1 Å². The molecule has 1 saturated heterocycles. The molecule has 0 unspecified atom stereocenters. The Morgan fingerprint density at radius 1 is 1.35 bits per heavy atom. The van der Waals surface area contributed by atoms with Crippen molar-refractivity contribution in [1.82, 2.24) is 0 Å². The van der Waals surface area contributed by atoms with Gasteiger partial charge in [0.15, 0.2) is 9.84 Å². The highest BCUT2D eigenvalue weighted by molar-refractivity contribution is 7.91. The van der Waals surface area contributed by atoms with Gasteiger partial charge in [0.2, 0.25) is 0 Å². The molecule has 0 aliphatic carbocycles. The molecule has 1 fully saturated rings. The maximum atomic E-state index is 11.4. The van der Waals surface area contributed by atoms with E-state index in [9.17, 15) is 13.5 Å². The molecule has 17 heavy (non-hydrogen) atoms. The molecular formula is C12H17NO3S. The van der Waals surface area contributed by atoms with E-state index in [-0.39, 0.29) is 11.5 Å². The van der Waals surface area contributed by atoms with Gasteiger partial charge in [-0.15, -0.1) is 0 Å². The second kappa shape index (κ2) is 4.66. The number of para-hydroxylation sites is 1. The summed E-state index contributed by atoms with van der Waals surface area (Å²) in [7, 11) is -3.10. The van der Waals surface area contributed by atoms with Crippen LogP contribution in [0.2, 0.25) is 0 Å². The third kappa shape index (κ3) is 2.79. The van der Waals surface area contributed by atoms with Crippen molar-refractivity contribution in [2.75, 3.05) is 16.8 Å². The number of aryl methyl sites for hydroxylation is 1. The minimum Gasteiger partial charge on any atom is -0.390 e. The molecule has 0 spiro atoms. The Kier molecular flexibility index (Phi) is 3.40. The number of sulfone groups is 1. The molecule has 0 bridgehead atoms. The number of hydrogen-bond acceptors (Lipinski definition) is 4. The van der Waals surface area contributed by atoms with E-state index >= 15 is 0 Å². The summed E-state index contributed by atoms with van der Waals surface area (Å²) in [6.07, 6.45) is 0.0589. The molecule has 0 amide bonds. The molecule has 2 atom stereocenters. The highest BCUT2D eigenvalue weighted by atomic mass is 32.2. The third-order valence-corrected chi connectivity index (χ3v) is 4.78. The maximum Gasteiger partial charge on any atom is 0.155 e. The lowest BCUT2D eigenvalue weighted by Gasteiger charge is -2.18. The van der Waals surface area contributed by atoms with Crippen molar-refractivity contribution in [3.05, 3.63) is 29.8 Å². The van der Waals surface area contributed by atoms with Gasteiger partial charge in [0, 0.05) is 5.69 Å². The van der Waals surface area contributed by atoms with Gasteiger partial charge < -0.3 is 10.4 Å². The number of aliphatic hydroxyl groups excluding tert-OH is 1. The number of nitrogens with one attached hydrogen (secondary N) is 1. The van der Waals surface area contributed by atoms with Gasteiger partial charge in [0.25, 0.3) is 0 Å². The highest BCUT2D eigenvalue weighted by Crippen LogP contribution is 2.21. The smallest absolute Gasteiger partial charge is 0.155 e. The number of aliphatic hydroxyl groups is 1. The number of hydrogen-bond donors (Lipinski definition) is 2. The predicted molar refractivity (Wildman–Crippen MR) is 67.9 cm³/mol. The third-order valence-electron chi connectivity index (χ3n) is 3.06. The molecule has 0 saturated carbocycles. The minimum atomic E-state index is -3.10. The fraction of sp³-hybridized carbons (Fsp3) is 0.500. The first-order valence-corrected chi connectivity index (χ1v) is 7.57. The molecule has 0 aromatic heterocycles. The number of anilines is 1. The van der Waals surface area contributed by atoms with Gasteiger partial charge >= 0.3 is 0 Å². The van der Waals surface area contributed by atoms with Gasteiger partial charge in [-0.2, -0.15) is 0 Å². The second-order valence-electron chi connectivity index (χ2n) is 4.41. The Morgan fingerprint density at radius 3 is 2.65 bits per heavy atom. The standard InChI is InChI=1S/C12H17NO3S/c1-2-9-5-3-4-6-10(9)13-11-7-17(15,16)8-12(11)14/h3-6,11-14H,2,7-8H2,1H3/t11-,12-/m1/s1. The molecule has 0 radical (unpaired) electrons. The molecule has 2 rings (SSSR count). The Morgan fingerprint density at radius 2 is 2.06 bits per heavy atom. The van der Waals surface area contributed by atoms with Crippen LogP contribution in [-0.4, -0.2) is 37.2 Å². The lowest BCUT2D eigenvalue weighted by molar-refractivity contribution is 0.190. The van der Waals surface area contributed by atoms with E-state index in [1.54, 1.807) is 0 Å². The number of benzene rings is 1. The maximum absolute atomic E-state index is 11.4. The summed E-state index contributed by atoms with van der Waals surface area (Å²) in [6, 6.07) is 7.37. The van der Waals surface area contributed by atoms with Crippen LogP contribution in [0.5, 0.6) is 0 Å². The van der Waals surface area contributed by atoms with Crippen LogP contribution in [0.25, 0.3) is 0 Å². The van der Waals surface area contributed by atoms with Crippen molar-refractivity contribution in [2.24, 2.45) is 0 Å². The van der Waals surface area contributed by atoms with Crippen LogP contribution in [0.1, 0.15) is 12.5 Å². The molecule has 1 aromatic rings. The molecule has 1 aliphatic heterocycles. The zero-order valence-electron chi connectivity index (χ0n) is 9.76. The van der Waals surface area contributed by atoms with Crippen LogP contribution in [0.3, 0.4) is 0 Å². The first-order valence-electron chi connectivity index (χ1n) is 5.75. The molecule has 5 heteroatoms. The summed E-state index contributed by atoms with van der Waals surface area (Å²) < 4.78 is 22.8. The quantitative estimate of drug-likeness (QED) is 0.839. The largest absolute Gasteiger partial charge is 0.390 e. The molecule has 1 aliphatic rings. The topological polar surface area (TPSA) is 66.4 Å². The van der Waals surface area contributed by atoms with E-state index < -0.39 is 22.0 Å². The van der Waals surface area contributed by atoms with Crippen LogP contribution in [0.15, 0.2) is 24.3 Å². The van der Waals surface area contributed by atoms with Gasteiger partial charge in [-0.1, -0.05) is 25.1 Å². The lowest BCUT2D eigenvalue weighted by Crippen LogP contribution is -2.32. The zero-order valence-corrected chi connectivity index (χ0v) is 10.6. The van der Waals surface area contributed by atoms with Crippen molar-refractivity contribution in [3.63, 3.8) is 0 Å². The van der Waals surface area contributed by atoms with Crippen LogP contribution in [0, 0.1) is 0 Å². The van der Waals surface area contributed by atoms with Crippen molar-refractivity contribution >= 4 is 15.5 Å². The van der Waals surface area contributed by atoms with E-state index in [0.29, 0.717) is 0 Å². The van der Waals surface area contributed by atoms with Crippen molar-refractivity contribution in [2.45, 2.75) is 25.5 Å². The summed E-state index contributed by atoms with van der Waals surface area (Å²) >= 11 is 0. The van der Waals surface area contributed by atoms with E-state index in [1.165, 1.54) is 0 Å². The summed E-state index contributed by atoms with van der Waals surface area (Å²) in [5.74, 6) is -0.134. The van der Waals surface area contributed by atoms with Gasteiger partial charge in [-0.3, -0.25) is 0 Å². The molecule has 2 N–H and O–H groups in total. The predicted octanol–water partition coefficient (Wildman–Crippen LogP) is 0.819. The Labute approximate surface area is 102 Å². The Hall–Kier alpha value is -1.07. The van der Waals surface area contributed by atoms with E-state index in [0.717, 1.165) is 17.7 Å². The highest BCUT2D eigenvalue weighted by Gasteiger charge is 2.36. The van der Waals surface area contributed by atoms with Crippen molar-refractivity contribution in [3.8, 4) is 0 Å². The molecular weight excluding hydrogens is 238 g/mol. The van der Waals surface area contributed by atoms with Crippen LogP contribution >= 0.6 is 0 Å². The zero-order chi connectivity index (χ0) is 12.5. The average Bonchev–Trinajstić information content (AvgIpc) is 2.52. The Bertz CT molecular complexity index is 498. The monoisotopic (exact) mass is 255 g/mol. The first-order chi connectivity index (χ1) is 8.02. The normalized spacial score (nSPS) is 26.9. The first kappa shape index (κ1) is 12.4. The second-order valence-corrected chi connectivity index (χ2v) is 6.56. The lowest BCUT2D eigenvalue weighted by atomic mass is 10.1. The summed E-state index contributed by atoms with van der Waals surface area (Å²) in [5.41, 5.74) is 2.04. The van der Waals surface area contributed by atoms with Crippen LogP contribution in [0.4, 0.5) is 5.69 Å². The van der Waals surface area contributed by atoms with Crippen molar-refractivity contribution < 1.29 is 13.5 Å². The van der Waals surface area contributed by atoms with Gasteiger partial charge in [0.1, 0.15) is 0 Å².